The lowest BCUT2D eigenvalue weighted by Crippen LogP contribution is -2.47. The molecule has 1 aromatic carbocycles. The summed E-state index contributed by atoms with van der Waals surface area (Å²) in [6, 6.07) is 12.1. The number of aromatic nitrogens is 1. The lowest BCUT2D eigenvalue weighted by atomic mass is 9.96. The second-order valence-corrected chi connectivity index (χ2v) is 7.30. The molecule has 2 unspecified atom stereocenters. The normalized spacial score (nSPS) is 23.0. The van der Waals surface area contributed by atoms with Gasteiger partial charge in [0.25, 0.3) is 0 Å². The van der Waals surface area contributed by atoms with Gasteiger partial charge in [-0.25, -0.2) is 4.98 Å². The molecular weight excluding hydrogens is 290 g/mol. The first-order chi connectivity index (χ1) is 10.7. The SMILES string of the molecule is CC1CC(N(C)Cc2nccs2)CCN1Cc1ccccc1. The van der Waals surface area contributed by atoms with Crippen LogP contribution in [0.5, 0.6) is 0 Å². The molecule has 0 aliphatic carbocycles. The highest BCUT2D eigenvalue weighted by Gasteiger charge is 2.27. The van der Waals surface area contributed by atoms with Crippen LogP contribution in [0.25, 0.3) is 0 Å². The molecule has 0 bridgehead atoms. The number of likely N-dealkylation sites (tertiary alicyclic amines) is 1. The highest BCUT2D eigenvalue weighted by atomic mass is 32.1. The van der Waals surface area contributed by atoms with Crippen LogP contribution in [0.2, 0.25) is 0 Å². The summed E-state index contributed by atoms with van der Waals surface area (Å²) in [6.07, 6.45) is 4.40. The molecule has 2 aromatic rings. The maximum absolute atomic E-state index is 4.41. The Bertz CT molecular complexity index is 555. The molecule has 0 N–H and O–H groups in total. The van der Waals surface area contributed by atoms with E-state index < -0.39 is 0 Å². The minimum atomic E-state index is 0.637. The molecule has 0 saturated carbocycles. The van der Waals surface area contributed by atoms with Gasteiger partial charge in [0.05, 0.1) is 6.54 Å². The second kappa shape index (κ2) is 7.36. The molecule has 0 amide bonds. The minimum absolute atomic E-state index is 0.637. The Labute approximate surface area is 137 Å². The first-order valence-corrected chi connectivity index (χ1v) is 8.97. The molecule has 0 radical (unpaired) electrons. The van der Waals surface area contributed by atoms with Crippen LogP contribution in [0.3, 0.4) is 0 Å². The van der Waals surface area contributed by atoms with Gasteiger partial charge in [0.15, 0.2) is 0 Å². The van der Waals surface area contributed by atoms with Crippen molar-refractivity contribution in [1.29, 1.82) is 0 Å². The summed E-state index contributed by atoms with van der Waals surface area (Å²) in [7, 11) is 2.24. The van der Waals surface area contributed by atoms with Crippen LogP contribution in [0.4, 0.5) is 0 Å². The number of thiazole rings is 1. The van der Waals surface area contributed by atoms with Gasteiger partial charge in [0.2, 0.25) is 0 Å². The average Bonchev–Trinajstić information content (AvgIpc) is 3.03. The monoisotopic (exact) mass is 315 g/mol. The van der Waals surface area contributed by atoms with Crippen molar-refractivity contribution in [3.8, 4) is 0 Å². The van der Waals surface area contributed by atoms with Crippen molar-refractivity contribution >= 4 is 11.3 Å². The third-order valence-corrected chi connectivity index (χ3v) is 5.47. The third kappa shape index (κ3) is 3.94. The Hall–Kier alpha value is -1.23. The van der Waals surface area contributed by atoms with E-state index in [2.05, 4.69) is 64.5 Å². The highest BCUT2D eigenvalue weighted by Crippen LogP contribution is 2.24. The van der Waals surface area contributed by atoms with E-state index in [1.807, 2.05) is 6.20 Å². The summed E-state index contributed by atoms with van der Waals surface area (Å²) >= 11 is 1.76. The van der Waals surface area contributed by atoms with Crippen molar-refractivity contribution in [3.05, 3.63) is 52.5 Å². The largest absolute Gasteiger partial charge is 0.297 e. The van der Waals surface area contributed by atoms with E-state index in [9.17, 15) is 0 Å². The number of benzene rings is 1. The molecule has 2 heterocycles. The molecule has 1 saturated heterocycles. The van der Waals surface area contributed by atoms with Crippen molar-refractivity contribution in [2.24, 2.45) is 0 Å². The Balaban J connectivity index is 1.53. The fourth-order valence-electron chi connectivity index (χ4n) is 3.32. The van der Waals surface area contributed by atoms with Crippen LogP contribution in [0.1, 0.15) is 30.3 Å². The zero-order chi connectivity index (χ0) is 15.4. The predicted octanol–water partition coefficient (Wildman–Crippen LogP) is 3.63. The van der Waals surface area contributed by atoms with Crippen molar-refractivity contribution in [2.45, 2.75) is 44.9 Å². The van der Waals surface area contributed by atoms with Gasteiger partial charge in [0.1, 0.15) is 5.01 Å². The van der Waals surface area contributed by atoms with Gasteiger partial charge in [0, 0.05) is 36.8 Å². The molecular formula is C18H25N3S. The number of hydrogen-bond donors (Lipinski definition) is 0. The van der Waals surface area contributed by atoms with Gasteiger partial charge in [-0.2, -0.15) is 0 Å². The lowest BCUT2D eigenvalue weighted by molar-refractivity contribution is 0.0771. The number of nitrogens with zero attached hydrogens (tertiary/aromatic N) is 3. The van der Waals surface area contributed by atoms with Crippen molar-refractivity contribution in [3.63, 3.8) is 0 Å². The summed E-state index contributed by atoms with van der Waals surface area (Å²) in [6.45, 7) is 5.61. The number of piperidine rings is 1. The Morgan fingerprint density at radius 2 is 2.14 bits per heavy atom. The van der Waals surface area contributed by atoms with E-state index in [1.165, 1.54) is 30.0 Å². The van der Waals surface area contributed by atoms with Crippen LogP contribution in [-0.2, 0) is 13.1 Å². The van der Waals surface area contributed by atoms with Crippen molar-refractivity contribution in [2.75, 3.05) is 13.6 Å². The predicted molar refractivity (Wildman–Crippen MR) is 92.9 cm³/mol. The molecule has 2 atom stereocenters. The van der Waals surface area contributed by atoms with E-state index in [4.69, 9.17) is 0 Å². The Morgan fingerprint density at radius 3 is 2.82 bits per heavy atom. The third-order valence-electron chi connectivity index (χ3n) is 4.71. The molecule has 3 rings (SSSR count). The molecule has 1 aliphatic rings. The molecule has 1 aliphatic heterocycles. The molecule has 3 nitrogen and oxygen atoms in total. The maximum Gasteiger partial charge on any atom is 0.107 e. The zero-order valence-electron chi connectivity index (χ0n) is 13.5. The van der Waals surface area contributed by atoms with Crippen molar-refractivity contribution < 1.29 is 0 Å². The first-order valence-electron chi connectivity index (χ1n) is 8.09. The van der Waals surface area contributed by atoms with Gasteiger partial charge in [-0.1, -0.05) is 30.3 Å². The second-order valence-electron chi connectivity index (χ2n) is 6.32. The van der Waals surface area contributed by atoms with Crippen LogP contribution >= 0.6 is 11.3 Å². The fourth-order valence-corrected chi connectivity index (χ4v) is 4.00. The quantitative estimate of drug-likeness (QED) is 0.840. The zero-order valence-corrected chi connectivity index (χ0v) is 14.3. The summed E-state index contributed by atoms with van der Waals surface area (Å²) in [4.78, 5) is 9.50. The smallest absolute Gasteiger partial charge is 0.107 e. The average molecular weight is 315 g/mol. The van der Waals surface area contributed by atoms with Crippen LogP contribution < -0.4 is 0 Å². The molecule has 1 fully saturated rings. The maximum atomic E-state index is 4.41. The van der Waals surface area contributed by atoms with Crippen LogP contribution in [-0.4, -0.2) is 40.5 Å². The number of hydrogen-bond acceptors (Lipinski definition) is 4. The molecule has 0 spiro atoms. The van der Waals surface area contributed by atoms with Crippen LogP contribution in [0, 0.1) is 0 Å². The Morgan fingerprint density at radius 1 is 1.32 bits per heavy atom. The first kappa shape index (κ1) is 15.7. The van der Waals surface area contributed by atoms with E-state index in [0.717, 1.165) is 13.1 Å². The lowest BCUT2D eigenvalue weighted by Gasteiger charge is -2.41. The van der Waals surface area contributed by atoms with E-state index in [0.29, 0.717) is 12.1 Å². The fraction of sp³-hybridized carbons (Fsp3) is 0.500. The van der Waals surface area contributed by atoms with Crippen molar-refractivity contribution in [1.82, 2.24) is 14.8 Å². The van der Waals surface area contributed by atoms with E-state index in [-0.39, 0.29) is 0 Å². The minimum Gasteiger partial charge on any atom is -0.297 e. The summed E-state index contributed by atoms with van der Waals surface area (Å²) in [5.74, 6) is 0. The molecule has 1 aromatic heterocycles. The van der Waals surface area contributed by atoms with Gasteiger partial charge in [-0.3, -0.25) is 9.80 Å². The van der Waals surface area contributed by atoms with Gasteiger partial charge < -0.3 is 0 Å². The topological polar surface area (TPSA) is 19.4 Å². The van der Waals surface area contributed by atoms with E-state index in [1.54, 1.807) is 11.3 Å². The standard InChI is InChI=1S/C18H25N3S/c1-15-12-17(20(2)14-18-19-9-11-22-18)8-10-21(15)13-16-6-4-3-5-7-16/h3-7,9,11,15,17H,8,10,12-14H2,1-2H3. The van der Waals surface area contributed by atoms with Gasteiger partial charge in [-0.05, 0) is 32.4 Å². The van der Waals surface area contributed by atoms with Gasteiger partial charge >= 0.3 is 0 Å². The molecule has 118 valence electrons. The van der Waals surface area contributed by atoms with E-state index >= 15 is 0 Å². The Kier molecular flexibility index (Phi) is 5.24. The highest BCUT2D eigenvalue weighted by molar-refractivity contribution is 7.09. The summed E-state index contributed by atoms with van der Waals surface area (Å²) < 4.78 is 0. The summed E-state index contributed by atoms with van der Waals surface area (Å²) in [5.41, 5.74) is 1.42. The molecule has 22 heavy (non-hydrogen) atoms. The number of rotatable bonds is 5. The van der Waals surface area contributed by atoms with Gasteiger partial charge in [-0.15, -0.1) is 11.3 Å². The molecule has 4 heteroatoms. The van der Waals surface area contributed by atoms with Crippen LogP contribution in [0.15, 0.2) is 41.9 Å². The summed E-state index contributed by atoms with van der Waals surface area (Å²) in [5, 5.41) is 3.29.